The molecule has 0 radical (unpaired) electrons. The zero-order valence-corrected chi connectivity index (χ0v) is 6.89. The van der Waals surface area contributed by atoms with Gasteiger partial charge < -0.3 is 15.3 Å². The lowest BCUT2D eigenvalue weighted by Gasteiger charge is -2.42. The van der Waals surface area contributed by atoms with E-state index in [4.69, 9.17) is 5.11 Å². The number of hydrogen-bond donors (Lipinski definition) is 2. The maximum Gasteiger partial charge on any atom is 0.407 e. The van der Waals surface area contributed by atoms with Crippen molar-refractivity contribution < 1.29 is 18.7 Å². The molecule has 6 heteroatoms. The van der Waals surface area contributed by atoms with Crippen LogP contribution < -0.4 is 5.32 Å². The molecule has 0 aromatic heterocycles. The summed E-state index contributed by atoms with van der Waals surface area (Å²) in [5, 5.41) is 11.3. The Bertz CT molecular complexity index is 253. The van der Waals surface area contributed by atoms with Crippen molar-refractivity contribution in [2.45, 2.75) is 5.92 Å². The number of nitrogens with one attached hydrogen (secondary N) is 1. The summed E-state index contributed by atoms with van der Waals surface area (Å²) in [6, 6.07) is 0. The minimum absolute atomic E-state index is 0.0532. The average molecular weight is 192 g/mol. The number of nitrogens with zero attached hydrogens (tertiary/aromatic N) is 1. The molecule has 2 saturated heterocycles. The highest BCUT2D eigenvalue weighted by Crippen LogP contribution is 2.46. The fraction of sp³-hybridized carbons (Fsp3) is 0.857. The molecule has 2 heterocycles. The first-order valence-electron chi connectivity index (χ1n) is 4.03. The Morgan fingerprint density at radius 2 is 2.00 bits per heavy atom. The molecule has 13 heavy (non-hydrogen) atoms. The Morgan fingerprint density at radius 3 is 2.23 bits per heavy atom. The number of halogens is 2. The molecule has 0 saturated carbocycles. The van der Waals surface area contributed by atoms with Crippen LogP contribution in [0, 0.1) is 5.41 Å². The quantitative estimate of drug-likeness (QED) is 0.576. The topological polar surface area (TPSA) is 52.6 Å². The number of likely N-dealkylation sites (tertiary alicyclic amines) is 1. The molecular weight excluding hydrogens is 182 g/mol. The highest BCUT2D eigenvalue weighted by atomic mass is 19.3. The molecule has 1 spiro atoms. The van der Waals surface area contributed by atoms with E-state index in [1.54, 1.807) is 0 Å². The van der Waals surface area contributed by atoms with Gasteiger partial charge in [0.25, 0.3) is 5.92 Å². The van der Waals surface area contributed by atoms with Gasteiger partial charge in [0.05, 0.1) is 12.0 Å². The largest absolute Gasteiger partial charge is 0.465 e. The fourth-order valence-corrected chi connectivity index (χ4v) is 1.88. The van der Waals surface area contributed by atoms with E-state index >= 15 is 0 Å². The van der Waals surface area contributed by atoms with Crippen LogP contribution in [0.3, 0.4) is 0 Å². The van der Waals surface area contributed by atoms with Gasteiger partial charge in [-0.25, -0.2) is 13.6 Å². The van der Waals surface area contributed by atoms with Gasteiger partial charge >= 0.3 is 6.09 Å². The van der Waals surface area contributed by atoms with Crippen molar-refractivity contribution in [2.24, 2.45) is 5.41 Å². The van der Waals surface area contributed by atoms with Gasteiger partial charge in [-0.1, -0.05) is 0 Å². The second-order valence-electron chi connectivity index (χ2n) is 3.73. The maximum atomic E-state index is 13.3. The number of alkyl halides is 2. The van der Waals surface area contributed by atoms with Crippen molar-refractivity contribution >= 4 is 6.09 Å². The summed E-state index contributed by atoms with van der Waals surface area (Å²) < 4.78 is 26.6. The molecular formula is C7H10F2N2O2. The minimum Gasteiger partial charge on any atom is -0.465 e. The Balaban J connectivity index is 2.18. The third-order valence-electron chi connectivity index (χ3n) is 2.86. The second-order valence-corrected chi connectivity index (χ2v) is 3.73. The first-order valence-corrected chi connectivity index (χ1v) is 4.03. The van der Waals surface area contributed by atoms with Crippen molar-refractivity contribution in [3.8, 4) is 0 Å². The van der Waals surface area contributed by atoms with Crippen molar-refractivity contribution in [3.05, 3.63) is 0 Å². The number of carboxylic acid groups (broad SMARTS) is 1. The van der Waals surface area contributed by atoms with Crippen LogP contribution in [-0.2, 0) is 0 Å². The molecule has 0 aliphatic carbocycles. The van der Waals surface area contributed by atoms with Gasteiger partial charge in [-0.3, -0.25) is 0 Å². The predicted octanol–water partition coefficient (Wildman–Crippen LogP) is 0.205. The van der Waals surface area contributed by atoms with E-state index in [2.05, 4.69) is 5.32 Å². The zero-order valence-electron chi connectivity index (χ0n) is 6.89. The van der Waals surface area contributed by atoms with Crippen LogP contribution in [0.15, 0.2) is 0 Å². The summed E-state index contributed by atoms with van der Waals surface area (Å²) in [7, 11) is 0. The maximum absolute atomic E-state index is 13.3. The van der Waals surface area contributed by atoms with Crippen molar-refractivity contribution in [1.82, 2.24) is 10.2 Å². The lowest BCUT2D eigenvalue weighted by molar-refractivity contribution is -0.108. The SMILES string of the molecule is O=C(O)N1CC(F)(F)C2(CNC2)C1. The third-order valence-corrected chi connectivity index (χ3v) is 2.86. The van der Waals surface area contributed by atoms with E-state index in [1.807, 2.05) is 0 Å². The minimum atomic E-state index is -2.88. The molecule has 0 unspecified atom stereocenters. The fourth-order valence-electron chi connectivity index (χ4n) is 1.88. The van der Waals surface area contributed by atoms with Gasteiger partial charge in [0.1, 0.15) is 0 Å². The van der Waals surface area contributed by atoms with Crippen LogP contribution in [0.1, 0.15) is 0 Å². The molecule has 0 bridgehead atoms. The van der Waals surface area contributed by atoms with E-state index in [0.29, 0.717) is 0 Å². The first kappa shape index (κ1) is 8.68. The number of rotatable bonds is 0. The second kappa shape index (κ2) is 2.31. The van der Waals surface area contributed by atoms with Gasteiger partial charge in [-0.2, -0.15) is 0 Å². The standard InChI is InChI=1S/C7H10F2N2O2/c8-7(9)4-11(5(12)13)3-6(7)1-10-2-6/h10H,1-4H2,(H,12,13). The predicted molar refractivity (Wildman–Crippen MR) is 39.8 cm³/mol. The van der Waals surface area contributed by atoms with Crippen molar-refractivity contribution in [2.75, 3.05) is 26.2 Å². The molecule has 2 aliphatic heterocycles. The van der Waals surface area contributed by atoms with Crippen LogP contribution in [-0.4, -0.2) is 48.2 Å². The lowest BCUT2D eigenvalue weighted by atomic mass is 9.78. The summed E-state index contributed by atoms with van der Waals surface area (Å²) >= 11 is 0. The van der Waals surface area contributed by atoms with E-state index in [1.165, 1.54) is 0 Å². The monoisotopic (exact) mass is 192 g/mol. The smallest absolute Gasteiger partial charge is 0.407 e. The van der Waals surface area contributed by atoms with Gasteiger partial charge in [-0.15, -0.1) is 0 Å². The Kier molecular flexibility index (Phi) is 1.54. The Hall–Kier alpha value is -0.910. The van der Waals surface area contributed by atoms with E-state index in [0.717, 1.165) is 4.90 Å². The zero-order chi connectivity index (χ0) is 9.69. The number of amides is 1. The molecule has 74 valence electrons. The summed E-state index contributed by atoms with van der Waals surface area (Å²) in [4.78, 5) is 11.3. The van der Waals surface area contributed by atoms with Crippen LogP contribution in [0.2, 0.25) is 0 Å². The van der Waals surface area contributed by atoms with E-state index in [9.17, 15) is 13.6 Å². The molecule has 0 aromatic rings. The summed E-state index contributed by atoms with van der Waals surface area (Å²) in [5.74, 6) is -2.88. The first-order chi connectivity index (χ1) is 5.97. The Morgan fingerprint density at radius 1 is 1.38 bits per heavy atom. The highest BCUT2D eigenvalue weighted by molar-refractivity contribution is 5.66. The highest BCUT2D eigenvalue weighted by Gasteiger charge is 2.64. The van der Waals surface area contributed by atoms with Gasteiger partial charge in [0.2, 0.25) is 0 Å². The van der Waals surface area contributed by atoms with Crippen LogP contribution in [0.25, 0.3) is 0 Å². The van der Waals surface area contributed by atoms with E-state index < -0.39 is 24.0 Å². The van der Waals surface area contributed by atoms with Crippen molar-refractivity contribution in [1.29, 1.82) is 0 Å². The molecule has 0 atom stereocenters. The molecule has 2 rings (SSSR count). The molecule has 4 nitrogen and oxygen atoms in total. The molecule has 0 aromatic carbocycles. The third kappa shape index (κ3) is 1.01. The van der Waals surface area contributed by atoms with Crippen LogP contribution in [0.5, 0.6) is 0 Å². The number of hydrogen-bond acceptors (Lipinski definition) is 2. The average Bonchev–Trinajstić information content (AvgIpc) is 2.19. The van der Waals surface area contributed by atoms with Gasteiger partial charge in [0.15, 0.2) is 0 Å². The number of carbonyl (C=O) groups is 1. The summed E-state index contributed by atoms with van der Waals surface area (Å²) in [5.41, 5.74) is -1.13. The van der Waals surface area contributed by atoms with Crippen molar-refractivity contribution in [3.63, 3.8) is 0 Å². The van der Waals surface area contributed by atoms with Crippen LogP contribution >= 0.6 is 0 Å². The van der Waals surface area contributed by atoms with Gasteiger partial charge in [0, 0.05) is 19.6 Å². The lowest BCUT2D eigenvalue weighted by Crippen LogP contribution is -2.62. The van der Waals surface area contributed by atoms with Crippen LogP contribution in [0.4, 0.5) is 13.6 Å². The summed E-state index contributed by atoms with van der Waals surface area (Å²) in [6.07, 6.45) is -1.26. The Labute approximate surface area is 73.5 Å². The molecule has 2 aliphatic rings. The van der Waals surface area contributed by atoms with E-state index in [-0.39, 0.29) is 19.6 Å². The normalized spacial score (nSPS) is 28.9. The molecule has 2 N–H and O–H groups in total. The molecule has 2 fully saturated rings. The van der Waals surface area contributed by atoms with Gasteiger partial charge in [-0.05, 0) is 0 Å². The molecule has 1 amide bonds. The summed E-state index contributed by atoms with van der Waals surface area (Å²) in [6.45, 7) is -0.292.